The molecule has 0 nitrogen and oxygen atoms in total. The highest BCUT2D eigenvalue weighted by atomic mass is 14.4. The Morgan fingerprint density at radius 2 is 1.94 bits per heavy atom. The molecule has 1 saturated carbocycles. The molecule has 1 heteroatoms. The third-order valence-electron chi connectivity index (χ3n) is 5.41. The summed E-state index contributed by atoms with van der Waals surface area (Å²) in [4.78, 5) is 0. The van der Waals surface area contributed by atoms with E-state index >= 15 is 0 Å². The lowest BCUT2D eigenvalue weighted by molar-refractivity contribution is 0.104. The van der Waals surface area contributed by atoms with Gasteiger partial charge in [0.2, 0.25) is 0 Å². The number of rotatable bonds is 5. The first-order chi connectivity index (χ1) is 7.57. The quantitative estimate of drug-likeness (QED) is 0.579. The molecule has 1 aliphatic carbocycles. The van der Waals surface area contributed by atoms with Crippen molar-refractivity contribution in [2.45, 2.75) is 78.9 Å². The van der Waals surface area contributed by atoms with Gasteiger partial charge in [0.15, 0.2) is 0 Å². The molecule has 0 amide bonds. The zero-order chi connectivity index (χ0) is 12.2. The first-order valence-electron chi connectivity index (χ1n) is 7.57. The van der Waals surface area contributed by atoms with Gasteiger partial charge in [0.1, 0.15) is 7.28 Å². The zero-order valence-electron chi connectivity index (χ0n) is 12.2. The molecule has 0 aromatic rings. The van der Waals surface area contributed by atoms with Crippen LogP contribution in [0.1, 0.15) is 66.7 Å². The van der Waals surface area contributed by atoms with Crippen LogP contribution < -0.4 is 0 Å². The van der Waals surface area contributed by atoms with Gasteiger partial charge in [-0.05, 0) is 23.7 Å². The molecule has 4 atom stereocenters. The van der Waals surface area contributed by atoms with Crippen LogP contribution in [-0.4, -0.2) is 7.28 Å². The maximum atomic E-state index is 2.56. The van der Waals surface area contributed by atoms with Gasteiger partial charge < -0.3 is 0 Å². The summed E-state index contributed by atoms with van der Waals surface area (Å²) in [6.45, 7) is 12.2. The van der Waals surface area contributed by atoms with Gasteiger partial charge in [-0.1, -0.05) is 72.4 Å². The van der Waals surface area contributed by atoms with Crippen molar-refractivity contribution in [3.05, 3.63) is 0 Å². The maximum absolute atomic E-state index is 2.56. The van der Waals surface area contributed by atoms with Gasteiger partial charge in [0.25, 0.3) is 0 Å². The Kier molecular flexibility index (Phi) is 5.40. The van der Waals surface area contributed by atoms with Crippen molar-refractivity contribution in [1.29, 1.82) is 0 Å². The molecule has 0 bridgehead atoms. The molecule has 0 saturated heterocycles. The lowest BCUT2D eigenvalue weighted by Gasteiger charge is -2.47. The van der Waals surface area contributed by atoms with Crippen LogP contribution in [-0.2, 0) is 0 Å². The van der Waals surface area contributed by atoms with Gasteiger partial charge in [0.05, 0.1) is 0 Å². The summed E-state index contributed by atoms with van der Waals surface area (Å²) in [6, 6.07) is 0. The molecule has 0 radical (unpaired) electrons. The summed E-state index contributed by atoms with van der Waals surface area (Å²) in [7, 11) is 1.47. The van der Waals surface area contributed by atoms with Gasteiger partial charge in [-0.2, -0.15) is 0 Å². The second-order valence-corrected chi connectivity index (χ2v) is 6.43. The van der Waals surface area contributed by atoms with E-state index in [1.807, 2.05) is 0 Å². The van der Waals surface area contributed by atoms with Gasteiger partial charge >= 0.3 is 0 Å². The SMILES string of the molecule is CCCB[C@H]1CC(C)C(CC)CC1(C)CC. The normalized spacial score (nSPS) is 39.7. The first-order valence-corrected chi connectivity index (χ1v) is 7.57. The van der Waals surface area contributed by atoms with E-state index < -0.39 is 0 Å². The van der Waals surface area contributed by atoms with E-state index in [9.17, 15) is 0 Å². The molecule has 0 N–H and O–H groups in total. The fourth-order valence-electron chi connectivity index (χ4n) is 3.79. The van der Waals surface area contributed by atoms with Crippen LogP contribution in [0, 0.1) is 17.3 Å². The van der Waals surface area contributed by atoms with E-state index in [-0.39, 0.29) is 0 Å². The molecule has 0 aromatic carbocycles. The summed E-state index contributed by atoms with van der Waals surface area (Å²) in [5, 5.41) is 0. The lowest BCUT2D eigenvalue weighted by Crippen LogP contribution is -2.37. The fraction of sp³-hybridized carbons (Fsp3) is 1.00. The minimum Gasteiger partial charge on any atom is -0.0774 e. The second kappa shape index (κ2) is 6.12. The van der Waals surface area contributed by atoms with E-state index in [1.165, 1.54) is 45.7 Å². The minimum absolute atomic E-state index is 0.641. The summed E-state index contributed by atoms with van der Waals surface area (Å²) < 4.78 is 0. The Labute approximate surface area is 104 Å². The average molecular weight is 222 g/mol. The summed E-state index contributed by atoms with van der Waals surface area (Å²) >= 11 is 0. The van der Waals surface area contributed by atoms with E-state index in [4.69, 9.17) is 0 Å². The highest BCUT2D eigenvalue weighted by Crippen LogP contribution is 2.52. The van der Waals surface area contributed by atoms with Crippen molar-refractivity contribution in [1.82, 2.24) is 0 Å². The minimum atomic E-state index is 0.641. The van der Waals surface area contributed by atoms with E-state index in [2.05, 4.69) is 34.6 Å². The van der Waals surface area contributed by atoms with Crippen LogP contribution in [0.5, 0.6) is 0 Å². The van der Waals surface area contributed by atoms with Crippen LogP contribution in [0.3, 0.4) is 0 Å². The van der Waals surface area contributed by atoms with Gasteiger partial charge in [-0.25, -0.2) is 0 Å². The molecule has 0 aliphatic heterocycles. The third kappa shape index (κ3) is 3.05. The van der Waals surface area contributed by atoms with Crippen LogP contribution in [0.2, 0.25) is 12.1 Å². The highest BCUT2D eigenvalue weighted by molar-refractivity contribution is 6.37. The molecule has 0 spiro atoms. The molecule has 3 unspecified atom stereocenters. The molecule has 16 heavy (non-hydrogen) atoms. The summed E-state index contributed by atoms with van der Waals surface area (Å²) in [6.07, 6.45) is 8.53. The van der Waals surface area contributed by atoms with E-state index in [0.29, 0.717) is 5.41 Å². The Hall–Kier alpha value is 0.0649. The monoisotopic (exact) mass is 222 g/mol. The smallest absolute Gasteiger partial charge is 0.0774 e. The Morgan fingerprint density at radius 3 is 2.44 bits per heavy atom. The largest absolute Gasteiger partial charge is 0.124 e. The van der Waals surface area contributed by atoms with E-state index in [1.54, 1.807) is 0 Å². The maximum Gasteiger partial charge on any atom is 0.124 e. The molecular weight excluding hydrogens is 191 g/mol. The van der Waals surface area contributed by atoms with Gasteiger partial charge in [-0.15, -0.1) is 0 Å². The molecule has 1 aliphatic rings. The van der Waals surface area contributed by atoms with Gasteiger partial charge in [0, 0.05) is 0 Å². The Balaban J connectivity index is 2.67. The van der Waals surface area contributed by atoms with Gasteiger partial charge in [-0.3, -0.25) is 0 Å². The molecule has 0 heterocycles. The average Bonchev–Trinajstić information content (AvgIpc) is 2.29. The molecular formula is C15H31B. The molecule has 94 valence electrons. The van der Waals surface area contributed by atoms with Crippen LogP contribution in [0.25, 0.3) is 0 Å². The standard InChI is InChI=1S/C15H31B/c1-6-9-16-14-10-12(4)13(7-2)11-15(14,5)8-3/h12-14,16H,6-11H2,1-5H3/t12?,13?,14-,15?/m0/s1. The van der Waals surface area contributed by atoms with E-state index in [0.717, 1.165) is 17.7 Å². The van der Waals surface area contributed by atoms with Crippen molar-refractivity contribution < 1.29 is 0 Å². The topological polar surface area (TPSA) is 0 Å². The van der Waals surface area contributed by atoms with Crippen molar-refractivity contribution in [3.8, 4) is 0 Å². The van der Waals surface area contributed by atoms with Crippen molar-refractivity contribution in [2.75, 3.05) is 0 Å². The number of hydrogen-bond donors (Lipinski definition) is 0. The molecule has 0 aromatic heterocycles. The summed E-state index contributed by atoms with van der Waals surface area (Å²) in [5.74, 6) is 2.95. The van der Waals surface area contributed by atoms with Crippen molar-refractivity contribution in [3.63, 3.8) is 0 Å². The summed E-state index contributed by atoms with van der Waals surface area (Å²) in [5.41, 5.74) is 0.641. The Bertz CT molecular complexity index is 202. The predicted octanol–water partition coefficient (Wildman–Crippen LogP) is 4.91. The van der Waals surface area contributed by atoms with Crippen molar-refractivity contribution in [2.24, 2.45) is 17.3 Å². The second-order valence-electron chi connectivity index (χ2n) is 6.43. The molecule has 1 rings (SSSR count). The number of hydrogen-bond acceptors (Lipinski definition) is 0. The molecule has 1 fully saturated rings. The first kappa shape index (κ1) is 14.1. The third-order valence-corrected chi connectivity index (χ3v) is 5.41. The highest BCUT2D eigenvalue weighted by Gasteiger charge is 2.40. The van der Waals surface area contributed by atoms with Crippen molar-refractivity contribution >= 4 is 7.28 Å². The zero-order valence-corrected chi connectivity index (χ0v) is 12.2. The van der Waals surface area contributed by atoms with Crippen LogP contribution >= 0.6 is 0 Å². The van der Waals surface area contributed by atoms with Crippen LogP contribution in [0.15, 0.2) is 0 Å². The van der Waals surface area contributed by atoms with Crippen LogP contribution in [0.4, 0.5) is 0 Å². The lowest BCUT2D eigenvalue weighted by atomic mass is 9.44. The Morgan fingerprint density at radius 1 is 1.25 bits per heavy atom. The predicted molar refractivity (Wildman–Crippen MR) is 76.6 cm³/mol. The fourth-order valence-corrected chi connectivity index (χ4v) is 3.79.